The molecular formula is C18H25ClN4O3. The Kier molecular flexibility index (Phi) is 5.39. The summed E-state index contributed by atoms with van der Waals surface area (Å²) in [5.74, 6) is -0.132. The molecule has 1 aromatic carbocycles. The molecule has 2 heterocycles. The number of hydrogen-bond acceptors (Lipinski definition) is 5. The predicted molar refractivity (Wildman–Crippen MR) is 102 cm³/mol. The van der Waals surface area contributed by atoms with E-state index in [9.17, 15) is 14.9 Å². The molecular weight excluding hydrogens is 356 g/mol. The molecule has 4 rings (SSSR count). The lowest BCUT2D eigenvalue weighted by atomic mass is 9.98. The Morgan fingerprint density at radius 2 is 1.88 bits per heavy atom. The van der Waals surface area contributed by atoms with E-state index in [4.69, 9.17) is 0 Å². The van der Waals surface area contributed by atoms with E-state index in [-0.39, 0.29) is 30.0 Å². The van der Waals surface area contributed by atoms with Gasteiger partial charge in [0.2, 0.25) is 0 Å². The van der Waals surface area contributed by atoms with Crippen molar-refractivity contribution in [2.45, 2.75) is 62.7 Å². The Hall–Kier alpha value is -1.86. The van der Waals surface area contributed by atoms with Gasteiger partial charge in [0.15, 0.2) is 0 Å². The van der Waals surface area contributed by atoms with E-state index in [1.54, 1.807) is 17.0 Å². The van der Waals surface area contributed by atoms with Crippen LogP contribution in [0.2, 0.25) is 0 Å². The van der Waals surface area contributed by atoms with Crippen molar-refractivity contribution < 1.29 is 9.72 Å². The number of nitrogens with one attached hydrogen (secondary N) is 2. The van der Waals surface area contributed by atoms with Crippen molar-refractivity contribution in [2.24, 2.45) is 0 Å². The Labute approximate surface area is 159 Å². The van der Waals surface area contributed by atoms with E-state index in [1.165, 1.54) is 18.9 Å². The molecule has 2 aliphatic heterocycles. The van der Waals surface area contributed by atoms with Crippen LogP contribution in [0.15, 0.2) is 18.2 Å². The predicted octanol–water partition coefficient (Wildman–Crippen LogP) is 2.95. The van der Waals surface area contributed by atoms with Gasteiger partial charge in [0.1, 0.15) is 5.69 Å². The highest BCUT2D eigenvalue weighted by molar-refractivity contribution is 5.95. The highest BCUT2D eigenvalue weighted by Crippen LogP contribution is 2.33. The highest BCUT2D eigenvalue weighted by atomic mass is 35.5. The van der Waals surface area contributed by atoms with Gasteiger partial charge in [-0.25, -0.2) is 0 Å². The van der Waals surface area contributed by atoms with E-state index in [1.807, 2.05) is 7.05 Å². The molecule has 142 valence electrons. The number of nitrogens with zero attached hydrogens (tertiary/aromatic N) is 2. The van der Waals surface area contributed by atoms with Gasteiger partial charge in [-0.15, -0.1) is 12.4 Å². The highest BCUT2D eigenvalue weighted by Gasteiger charge is 2.36. The number of amides is 1. The molecule has 1 aliphatic carbocycles. The number of nitro benzene ring substituents is 1. The molecule has 2 unspecified atom stereocenters. The second-order valence-electron chi connectivity index (χ2n) is 7.59. The molecule has 26 heavy (non-hydrogen) atoms. The zero-order valence-electron chi connectivity index (χ0n) is 14.8. The van der Waals surface area contributed by atoms with Crippen molar-refractivity contribution in [3.63, 3.8) is 0 Å². The number of benzene rings is 1. The van der Waals surface area contributed by atoms with E-state index in [2.05, 4.69) is 10.6 Å². The lowest BCUT2D eigenvalue weighted by molar-refractivity contribution is -0.384. The summed E-state index contributed by atoms with van der Waals surface area (Å²) >= 11 is 0. The zero-order chi connectivity index (χ0) is 17.6. The minimum Gasteiger partial charge on any atom is -0.377 e. The third-order valence-corrected chi connectivity index (χ3v) is 5.69. The normalized spacial score (nSPS) is 26.7. The number of piperidine rings is 1. The fourth-order valence-corrected chi connectivity index (χ4v) is 4.10. The van der Waals surface area contributed by atoms with Gasteiger partial charge in [-0.05, 0) is 50.7 Å². The maximum atomic E-state index is 12.9. The lowest BCUT2D eigenvalue weighted by Gasteiger charge is -2.35. The second kappa shape index (κ2) is 7.40. The second-order valence-corrected chi connectivity index (χ2v) is 7.59. The van der Waals surface area contributed by atoms with Crippen molar-refractivity contribution >= 4 is 29.7 Å². The van der Waals surface area contributed by atoms with Crippen molar-refractivity contribution in [3.8, 4) is 0 Å². The van der Waals surface area contributed by atoms with Gasteiger partial charge in [0.25, 0.3) is 11.6 Å². The number of nitro groups is 1. The largest absolute Gasteiger partial charge is 0.377 e. The van der Waals surface area contributed by atoms with Crippen molar-refractivity contribution in [1.29, 1.82) is 0 Å². The van der Waals surface area contributed by atoms with Gasteiger partial charge < -0.3 is 15.5 Å². The van der Waals surface area contributed by atoms with Gasteiger partial charge in [0.05, 0.1) is 4.92 Å². The fourth-order valence-electron chi connectivity index (χ4n) is 4.10. The first-order valence-corrected chi connectivity index (χ1v) is 9.09. The molecule has 2 N–H and O–H groups in total. The number of rotatable bonds is 5. The first kappa shape index (κ1) is 18.9. The number of halogens is 1. The van der Waals surface area contributed by atoms with Crippen LogP contribution in [0.4, 0.5) is 11.4 Å². The summed E-state index contributed by atoms with van der Waals surface area (Å²) in [6, 6.07) is 6.31. The molecule has 2 atom stereocenters. The van der Waals surface area contributed by atoms with Crippen LogP contribution in [0.25, 0.3) is 0 Å². The molecule has 7 nitrogen and oxygen atoms in total. The average Bonchev–Trinajstić information content (AvgIpc) is 3.36. The van der Waals surface area contributed by atoms with E-state index >= 15 is 0 Å². The molecule has 8 heteroatoms. The zero-order valence-corrected chi connectivity index (χ0v) is 15.6. The minimum atomic E-state index is -0.410. The Morgan fingerprint density at radius 3 is 2.46 bits per heavy atom. The SMILES string of the molecule is CN(C(=O)c1ccc(NC2CC2)c([N+](=O)[O-])c1)C1CC2CCC(C1)N2.Cl. The van der Waals surface area contributed by atoms with Crippen molar-refractivity contribution in [1.82, 2.24) is 10.2 Å². The Balaban J connectivity index is 0.00000196. The smallest absolute Gasteiger partial charge is 0.293 e. The molecule has 0 spiro atoms. The monoisotopic (exact) mass is 380 g/mol. The topological polar surface area (TPSA) is 87.5 Å². The van der Waals surface area contributed by atoms with E-state index < -0.39 is 4.92 Å². The standard InChI is InChI=1S/C18H24N4O3.ClH/c1-21(15-9-13-5-6-14(10-15)19-13)18(23)11-2-7-16(20-12-3-4-12)17(8-11)22(24)25;/h2,7-8,12-15,19-20H,3-6,9-10H2,1H3;1H. The average molecular weight is 381 g/mol. The summed E-state index contributed by atoms with van der Waals surface area (Å²) in [6.07, 6.45) is 6.36. The Morgan fingerprint density at radius 1 is 1.23 bits per heavy atom. The number of carbonyl (C=O) groups excluding carboxylic acids is 1. The molecule has 0 aromatic heterocycles. The van der Waals surface area contributed by atoms with Gasteiger partial charge in [-0.3, -0.25) is 14.9 Å². The number of anilines is 1. The summed E-state index contributed by atoms with van der Waals surface area (Å²) in [6.45, 7) is 0. The Bertz CT molecular complexity index is 698. The summed E-state index contributed by atoms with van der Waals surface area (Å²) in [5.41, 5.74) is 0.879. The number of hydrogen-bond donors (Lipinski definition) is 2. The first-order chi connectivity index (χ1) is 12.0. The molecule has 2 bridgehead atoms. The summed E-state index contributed by atoms with van der Waals surface area (Å²) in [7, 11) is 1.82. The molecule has 3 aliphatic rings. The first-order valence-electron chi connectivity index (χ1n) is 9.09. The minimum absolute atomic E-state index is 0. The molecule has 0 radical (unpaired) electrons. The summed E-state index contributed by atoms with van der Waals surface area (Å²) in [4.78, 5) is 25.6. The van der Waals surface area contributed by atoms with Crippen LogP contribution in [0.3, 0.4) is 0 Å². The molecule has 1 saturated carbocycles. The molecule has 2 saturated heterocycles. The maximum absolute atomic E-state index is 12.9. The van der Waals surface area contributed by atoms with Crippen LogP contribution in [-0.4, -0.2) is 46.9 Å². The quantitative estimate of drug-likeness (QED) is 0.605. The maximum Gasteiger partial charge on any atom is 0.293 e. The van der Waals surface area contributed by atoms with Crippen molar-refractivity contribution in [2.75, 3.05) is 12.4 Å². The van der Waals surface area contributed by atoms with Gasteiger partial charge in [-0.2, -0.15) is 0 Å². The van der Waals surface area contributed by atoms with Crippen LogP contribution in [0.1, 0.15) is 48.9 Å². The number of carbonyl (C=O) groups is 1. The van der Waals surface area contributed by atoms with Crippen LogP contribution < -0.4 is 10.6 Å². The van der Waals surface area contributed by atoms with Crippen LogP contribution in [-0.2, 0) is 0 Å². The molecule has 1 aromatic rings. The van der Waals surface area contributed by atoms with Gasteiger partial charge in [-0.1, -0.05) is 0 Å². The van der Waals surface area contributed by atoms with Crippen LogP contribution >= 0.6 is 12.4 Å². The molecule has 1 amide bonds. The van der Waals surface area contributed by atoms with Crippen LogP contribution in [0.5, 0.6) is 0 Å². The fraction of sp³-hybridized carbons (Fsp3) is 0.611. The summed E-state index contributed by atoms with van der Waals surface area (Å²) < 4.78 is 0. The number of fused-ring (bicyclic) bond motifs is 2. The van der Waals surface area contributed by atoms with E-state index in [0.717, 1.165) is 25.7 Å². The third-order valence-electron chi connectivity index (χ3n) is 5.69. The third kappa shape index (κ3) is 3.78. The molecule has 3 fully saturated rings. The lowest BCUT2D eigenvalue weighted by Crippen LogP contribution is -2.48. The van der Waals surface area contributed by atoms with Crippen molar-refractivity contribution in [3.05, 3.63) is 33.9 Å². The van der Waals surface area contributed by atoms with Gasteiger partial charge >= 0.3 is 0 Å². The summed E-state index contributed by atoms with van der Waals surface area (Å²) in [5, 5.41) is 18.1. The van der Waals surface area contributed by atoms with E-state index in [0.29, 0.717) is 29.4 Å². The van der Waals surface area contributed by atoms with Gasteiger partial charge in [0, 0.05) is 42.8 Å². The van der Waals surface area contributed by atoms with Crippen LogP contribution in [0, 0.1) is 10.1 Å².